The normalized spacial score (nSPS) is 10.7. The van der Waals surface area contributed by atoms with Crippen molar-refractivity contribution in [2.24, 2.45) is 5.10 Å². The summed E-state index contributed by atoms with van der Waals surface area (Å²) in [6.07, 6.45) is 0.986. The molecule has 0 saturated heterocycles. The lowest BCUT2D eigenvalue weighted by Crippen LogP contribution is -2.24. The molecule has 0 aliphatic rings. The van der Waals surface area contributed by atoms with Crippen LogP contribution in [0.5, 0.6) is 11.5 Å². The summed E-state index contributed by atoms with van der Waals surface area (Å²) in [4.78, 5) is 23.9. The van der Waals surface area contributed by atoms with Gasteiger partial charge in [0.2, 0.25) is 11.8 Å². The van der Waals surface area contributed by atoms with Crippen LogP contribution in [0.1, 0.15) is 23.1 Å². The molecule has 0 bridgehead atoms. The van der Waals surface area contributed by atoms with E-state index in [-0.39, 0.29) is 0 Å². The minimum Gasteiger partial charge on any atom is -0.493 e. The quantitative estimate of drug-likeness (QED) is 0.234. The molecular weight excluding hydrogens is 505 g/mol. The highest BCUT2D eigenvalue weighted by Gasteiger charge is 2.12. The zero-order valence-corrected chi connectivity index (χ0v) is 20.2. The molecule has 0 aliphatic carbocycles. The smallest absolute Gasteiger partial charge is 0.249 e. The highest BCUT2D eigenvalue weighted by atomic mass is 79.9. The Balaban J connectivity index is 1.55. The summed E-state index contributed by atoms with van der Waals surface area (Å²) in [7, 11) is 1.53. The number of nitrogens with zero attached hydrogens (tertiary/aromatic N) is 1. The number of halogens is 2. The van der Waals surface area contributed by atoms with Crippen LogP contribution in [0.2, 0.25) is 0 Å². The fourth-order valence-corrected chi connectivity index (χ4v) is 3.47. The van der Waals surface area contributed by atoms with Crippen LogP contribution in [0.3, 0.4) is 0 Å². The fraction of sp³-hybridized carbons (Fsp3) is 0.160. The summed E-state index contributed by atoms with van der Waals surface area (Å²) in [5.41, 5.74) is 5.53. The molecule has 0 fully saturated rings. The van der Waals surface area contributed by atoms with Gasteiger partial charge in [-0.05, 0) is 70.4 Å². The molecule has 0 saturated carbocycles. The number of amides is 2. The van der Waals surface area contributed by atoms with E-state index in [9.17, 15) is 14.0 Å². The second-order valence-electron chi connectivity index (χ2n) is 7.33. The number of hydrogen-bond acceptors (Lipinski definition) is 5. The molecule has 0 unspecified atom stereocenters. The lowest BCUT2D eigenvalue weighted by molar-refractivity contribution is -0.126. The zero-order chi connectivity index (χ0) is 24.5. The van der Waals surface area contributed by atoms with Crippen molar-refractivity contribution in [3.63, 3.8) is 0 Å². The lowest BCUT2D eigenvalue weighted by atomic mass is 10.2. The Kier molecular flexibility index (Phi) is 8.75. The number of benzene rings is 3. The van der Waals surface area contributed by atoms with Crippen molar-refractivity contribution in [1.29, 1.82) is 0 Å². The van der Waals surface area contributed by atoms with E-state index in [0.29, 0.717) is 33.8 Å². The summed E-state index contributed by atoms with van der Waals surface area (Å²) in [5.74, 6) is -0.521. The molecule has 0 aromatic heterocycles. The van der Waals surface area contributed by atoms with E-state index < -0.39 is 24.1 Å². The number of rotatable bonds is 9. The number of carbonyl (C=O) groups is 2. The first-order valence-electron chi connectivity index (χ1n) is 10.3. The third kappa shape index (κ3) is 7.41. The van der Waals surface area contributed by atoms with Crippen LogP contribution >= 0.6 is 15.9 Å². The van der Waals surface area contributed by atoms with Gasteiger partial charge in [-0.3, -0.25) is 9.59 Å². The van der Waals surface area contributed by atoms with Gasteiger partial charge in [-0.2, -0.15) is 5.10 Å². The number of anilines is 1. The van der Waals surface area contributed by atoms with Crippen molar-refractivity contribution in [2.45, 2.75) is 20.0 Å². The van der Waals surface area contributed by atoms with Crippen molar-refractivity contribution < 1.29 is 23.5 Å². The minimum atomic E-state index is -0.597. The van der Waals surface area contributed by atoms with Gasteiger partial charge < -0.3 is 14.8 Å². The van der Waals surface area contributed by atoms with Gasteiger partial charge in [-0.15, -0.1) is 0 Å². The number of methoxy groups -OCH3 is 1. The van der Waals surface area contributed by atoms with E-state index in [1.54, 1.807) is 12.1 Å². The summed E-state index contributed by atoms with van der Waals surface area (Å²) < 4.78 is 24.9. The highest BCUT2D eigenvalue weighted by molar-refractivity contribution is 9.10. The third-order valence-electron chi connectivity index (χ3n) is 4.61. The van der Waals surface area contributed by atoms with Crippen LogP contribution in [0.25, 0.3) is 0 Å². The first-order valence-corrected chi connectivity index (χ1v) is 11.1. The molecular formula is C25H23BrFN3O4. The van der Waals surface area contributed by atoms with Crippen molar-refractivity contribution in [1.82, 2.24) is 5.43 Å². The third-order valence-corrected chi connectivity index (χ3v) is 5.20. The van der Waals surface area contributed by atoms with Crippen LogP contribution in [-0.2, 0) is 16.2 Å². The average molecular weight is 528 g/mol. The van der Waals surface area contributed by atoms with Crippen LogP contribution in [0.15, 0.2) is 70.2 Å². The molecule has 34 heavy (non-hydrogen) atoms. The Labute approximate surface area is 205 Å². The standard InChI is InChI=1S/C25H23BrFN3O4/c1-16-3-5-17(6-4-16)15-34-25-21(26)11-18(12-22(25)33-2)14-28-30-24(32)13-23(31)29-20-9-7-19(27)8-10-20/h3-12,14H,13,15H2,1-2H3,(H,29,31)(H,30,32). The molecule has 176 valence electrons. The van der Waals surface area contributed by atoms with Gasteiger partial charge in [0, 0.05) is 5.69 Å². The molecule has 7 nitrogen and oxygen atoms in total. The van der Waals surface area contributed by atoms with Crippen molar-refractivity contribution in [3.8, 4) is 11.5 Å². The van der Waals surface area contributed by atoms with E-state index in [4.69, 9.17) is 9.47 Å². The maximum Gasteiger partial charge on any atom is 0.249 e. The van der Waals surface area contributed by atoms with Gasteiger partial charge in [-0.1, -0.05) is 29.8 Å². The van der Waals surface area contributed by atoms with Gasteiger partial charge in [0.05, 0.1) is 17.8 Å². The first kappa shape index (κ1) is 24.9. The maximum absolute atomic E-state index is 12.9. The van der Waals surface area contributed by atoms with Crippen LogP contribution in [0.4, 0.5) is 10.1 Å². The Hall–Kier alpha value is -3.72. The Bertz CT molecular complexity index is 1180. The largest absolute Gasteiger partial charge is 0.493 e. The van der Waals surface area contributed by atoms with Gasteiger partial charge in [0.15, 0.2) is 11.5 Å². The summed E-state index contributed by atoms with van der Waals surface area (Å²) in [5, 5.41) is 6.40. The Morgan fingerprint density at radius 1 is 1.06 bits per heavy atom. The highest BCUT2D eigenvalue weighted by Crippen LogP contribution is 2.36. The second kappa shape index (κ2) is 11.9. The number of hydrogen-bond donors (Lipinski definition) is 2. The minimum absolute atomic E-state index is 0.374. The lowest BCUT2D eigenvalue weighted by Gasteiger charge is -2.13. The summed E-state index contributed by atoms with van der Waals surface area (Å²) >= 11 is 3.48. The topological polar surface area (TPSA) is 89.0 Å². The van der Waals surface area contributed by atoms with E-state index >= 15 is 0 Å². The monoisotopic (exact) mass is 527 g/mol. The molecule has 2 N–H and O–H groups in total. The van der Waals surface area contributed by atoms with Crippen LogP contribution < -0.4 is 20.2 Å². The van der Waals surface area contributed by atoms with Crippen LogP contribution in [-0.4, -0.2) is 25.1 Å². The number of aryl methyl sites for hydroxylation is 1. The fourth-order valence-electron chi connectivity index (χ4n) is 2.90. The Morgan fingerprint density at radius 3 is 2.44 bits per heavy atom. The molecule has 0 aliphatic heterocycles. The molecule has 2 amide bonds. The number of hydrazone groups is 1. The maximum atomic E-state index is 12.9. The molecule has 3 aromatic rings. The van der Waals surface area contributed by atoms with E-state index in [1.807, 2.05) is 31.2 Å². The van der Waals surface area contributed by atoms with Crippen molar-refractivity contribution in [3.05, 3.63) is 87.6 Å². The van der Waals surface area contributed by atoms with Gasteiger partial charge in [-0.25, -0.2) is 9.82 Å². The SMILES string of the molecule is COc1cc(C=NNC(=O)CC(=O)Nc2ccc(F)cc2)cc(Br)c1OCc1ccc(C)cc1. The molecule has 0 spiro atoms. The molecule has 0 heterocycles. The molecule has 3 rings (SSSR count). The van der Waals surface area contributed by atoms with Gasteiger partial charge >= 0.3 is 0 Å². The molecule has 3 aromatic carbocycles. The summed E-state index contributed by atoms with van der Waals surface area (Å²) in [6.45, 7) is 2.40. The molecule has 0 radical (unpaired) electrons. The van der Waals surface area contributed by atoms with E-state index in [0.717, 1.165) is 5.56 Å². The van der Waals surface area contributed by atoms with E-state index in [1.165, 1.54) is 43.2 Å². The number of carbonyl (C=O) groups excluding carboxylic acids is 2. The number of nitrogens with one attached hydrogen (secondary N) is 2. The summed E-state index contributed by atoms with van der Waals surface area (Å²) in [6, 6.07) is 16.8. The number of ether oxygens (including phenoxy) is 2. The van der Waals surface area contributed by atoms with E-state index in [2.05, 4.69) is 31.8 Å². The van der Waals surface area contributed by atoms with Gasteiger partial charge in [0.1, 0.15) is 18.8 Å². The average Bonchev–Trinajstić information content (AvgIpc) is 2.80. The van der Waals surface area contributed by atoms with Crippen molar-refractivity contribution in [2.75, 3.05) is 12.4 Å². The van der Waals surface area contributed by atoms with Gasteiger partial charge in [0.25, 0.3) is 0 Å². The first-order chi connectivity index (χ1) is 16.3. The van der Waals surface area contributed by atoms with Crippen LogP contribution in [0, 0.1) is 12.7 Å². The van der Waals surface area contributed by atoms with Crippen molar-refractivity contribution >= 4 is 39.6 Å². The zero-order valence-electron chi connectivity index (χ0n) is 18.6. The second-order valence-corrected chi connectivity index (χ2v) is 8.19. The molecule has 0 atom stereocenters. The predicted molar refractivity (Wildman–Crippen MR) is 132 cm³/mol. The Morgan fingerprint density at radius 2 is 1.76 bits per heavy atom. The molecule has 9 heteroatoms. The predicted octanol–water partition coefficient (Wildman–Crippen LogP) is 4.96.